The highest BCUT2D eigenvalue weighted by Crippen LogP contribution is 2.31. The van der Waals surface area contributed by atoms with Crippen LogP contribution in [0.2, 0.25) is 0 Å². The molecule has 3 atom stereocenters. The molecule has 1 heterocycles. The third kappa shape index (κ3) is 7.50. The van der Waals surface area contributed by atoms with E-state index >= 15 is 0 Å². The summed E-state index contributed by atoms with van der Waals surface area (Å²) >= 11 is 0. The smallest absolute Gasteiger partial charge is 0.191 e. The molecule has 2 N–H and O–H groups in total. The number of rotatable bonds is 6. The lowest BCUT2D eigenvalue weighted by Gasteiger charge is -2.37. The Morgan fingerprint density at radius 1 is 1.12 bits per heavy atom. The van der Waals surface area contributed by atoms with Crippen LogP contribution in [0, 0.1) is 11.8 Å². The number of piperazine rings is 1. The van der Waals surface area contributed by atoms with Crippen molar-refractivity contribution >= 4 is 29.9 Å². The van der Waals surface area contributed by atoms with Gasteiger partial charge in [-0.1, -0.05) is 39.0 Å². The molecular formula is C20H42IN5. The van der Waals surface area contributed by atoms with Gasteiger partial charge in [-0.05, 0) is 39.8 Å². The number of guanidine groups is 1. The molecule has 0 aromatic rings. The van der Waals surface area contributed by atoms with Crippen LogP contribution in [0.15, 0.2) is 4.99 Å². The molecule has 2 aliphatic rings. The van der Waals surface area contributed by atoms with Gasteiger partial charge in [0.1, 0.15) is 0 Å². The molecule has 5 nitrogen and oxygen atoms in total. The fourth-order valence-electron chi connectivity index (χ4n) is 4.23. The van der Waals surface area contributed by atoms with Gasteiger partial charge in [-0.2, -0.15) is 0 Å². The van der Waals surface area contributed by atoms with Crippen molar-refractivity contribution in [1.29, 1.82) is 0 Å². The van der Waals surface area contributed by atoms with Crippen LogP contribution >= 0.6 is 24.0 Å². The van der Waals surface area contributed by atoms with Crippen molar-refractivity contribution in [2.75, 3.05) is 46.8 Å². The maximum atomic E-state index is 4.92. The van der Waals surface area contributed by atoms with Crippen LogP contribution in [0.5, 0.6) is 0 Å². The Bertz CT molecular complexity index is 411. The van der Waals surface area contributed by atoms with Gasteiger partial charge in [0.15, 0.2) is 5.96 Å². The predicted molar refractivity (Wildman–Crippen MR) is 124 cm³/mol. The van der Waals surface area contributed by atoms with Crippen LogP contribution in [0.1, 0.15) is 52.9 Å². The van der Waals surface area contributed by atoms with Gasteiger partial charge in [0.2, 0.25) is 0 Å². The molecule has 0 aromatic carbocycles. The van der Waals surface area contributed by atoms with Crippen molar-refractivity contribution < 1.29 is 0 Å². The molecule has 6 heteroatoms. The van der Waals surface area contributed by atoms with Crippen molar-refractivity contribution in [2.45, 2.75) is 65.0 Å². The second-order valence-electron chi connectivity index (χ2n) is 8.31. The molecule has 0 spiro atoms. The van der Waals surface area contributed by atoms with Crippen molar-refractivity contribution in [3.05, 3.63) is 0 Å². The molecule has 2 fully saturated rings. The van der Waals surface area contributed by atoms with Gasteiger partial charge in [0.05, 0.1) is 6.54 Å². The van der Waals surface area contributed by atoms with E-state index in [-0.39, 0.29) is 24.0 Å². The van der Waals surface area contributed by atoms with Crippen molar-refractivity contribution in [2.24, 2.45) is 16.8 Å². The molecule has 2 rings (SSSR count). The largest absolute Gasteiger partial charge is 0.357 e. The lowest BCUT2D eigenvalue weighted by Crippen LogP contribution is -2.52. The topological polar surface area (TPSA) is 42.9 Å². The van der Waals surface area contributed by atoms with Crippen LogP contribution in [0.3, 0.4) is 0 Å². The van der Waals surface area contributed by atoms with E-state index in [9.17, 15) is 0 Å². The summed E-state index contributed by atoms with van der Waals surface area (Å²) in [4.78, 5) is 9.77. The number of nitrogens with zero attached hydrogens (tertiary/aromatic N) is 3. The maximum absolute atomic E-state index is 4.92. The highest BCUT2D eigenvalue weighted by atomic mass is 127. The summed E-state index contributed by atoms with van der Waals surface area (Å²) in [5, 5.41) is 7.13. The minimum atomic E-state index is 0. The summed E-state index contributed by atoms with van der Waals surface area (Å²) in [6, 6.07) is 0.980. The summed E-state index contributed by atoms with van der Waals surface area (Å²) < 4.78 is 0. The Labute approximate surface area is 178 Å². The van der Waals surface area contributed by atoms with E-state index in [1.807, 2.05) is 0 Å². The molecule has 3 unspecified atom stereocenters. The average Bonchev–Trinajstić information content (AvgIpc) is 2.62. The molecule has 0 bridgehead atoms. The molecule has 1 saturated heterocycles. The first-order valence-electron chi connectivity index (χ1n) is 10.4. The number of nitrogens with one attached hydrogen (secondary N) is 2. The number of aliphatic imine (C=N–C) groups is 1. The summed E-state index contributed by atoms with van der Waals surface area (Å²) in [6.45, 7) is 12.1. The van der Waals surface area contributed by atoms with Crippen LogP contribution in [0.4, 0.5) is 0 Å². The first-order valence-corrected chi connectivity index (χ1v) is 10.4. The Balaban J connectivity index is 0.00000338. The lowest BCUT2D eigenvalue weighted by molar-refractivity contribution is 0.119. The average molecular weight is 479 g/mol. The number of hydrogen-bond acceptors (Lipinski definition) is 3. The standard InChI is InChI=1S/C20H41N5.HI/c1-6-21-20(22-14-19-15-24(4)12-13-25(19)5)23-17(3)16(2)18-10-8-7-9-11-18;/h16-19H,6-15H2,1-5H3,(H2,21,22,23);1H. The van der Waals surface area contributed by atoms with Gasteiger partial charge in [-0.15, -0.1) is 24.0 Å². The molecule has 1 aliphatic carbocycles. The summed E-state index contributed by atoms with van der Waals surface area (Å²) in [5.41, 5.74) is 0. The molecule has 1 saturated carbocycles. The van der Waals surface area contributed by atoms with E-state index in [1.165, 1.54) is 32.1 Å². The van der Waals surface area contributed by atoms with Crippen LogP contribution in [0.25, 0.3) is 0 Å². The normalized spacial score (nSPS) is 26.0. The fourth-order valence-corrected chi connectivity index (χ4v) is 4.23. The predicted octanol–water partition coefficient (Wildman–Crippen LogP) is 3.01. The third-order valence-corrected chi connectivity index (χ3v) is 6.33. The van der Waals surface area contributed by atoms with Crippen LogP contribution in [-0.2, 0) is 0 Å². The molecule has 0 amide bonds. The van der Waals surface area contributed by atoms with E-state index in [0.29, 0.717) is 18.0 Å². The quantitative estimate of drug-likeness (QED) is 0.349. The van der Waals surface area contributed by atoms with Crippen molar-refractivity contribution in [3.63, 3.8) is 0 Å². The maximum Gasteiger partial charge on any atom is 0.191 e. The van der Waals surface area contributed by atoms with Crippen LogP contribution in [-0.4, -0.2) is 74.7 Å². The molecule has 154 valence electrons. The lowest BCUT2D eigenvalue weighted by atomic mass is 9.78. The zero-order chi connectivity index (χ0) is 18.2. The third-order valence-electron chi connectivity index (χ3n) is 6.33. The van der Waals surface area contributed by atoms with Gasteiger partial charge in [0.25, 0.3) is 0 Å². The Kier molecular flexibility index (Phi) is 11.4. The molecular weight excluding hydrogens is 437 g/mol. The zero-order valence-electron chi connectivity index (χ0n) is 17.6. The molecule has 0 radical (unpaired) electrons. The number of halogens is 1. The van der Waals surface area contributed by atoms with Crippen molar-refractivity contribution in [3.8, 4) is 0 Å². The van der Waals surface area contributed by atoms with E-state index in [2.05, 4.69) is 55.3 Å². The van der Waals surface area contributed by atoms with Crippen LogP contribution < -0.4 is 10.6 Å². The Hall–Kier alpha value is -0.0800. The molecule has 26 heavy (non-hydrogen) atoms. The highest BCUT2D eigenvalue weighted by molar-refractivity contribution is 14.0. The van der Waals surface area contributed by atoms with E-state index in [1.54, 1.807) is 0 Å². The van der Waals surface area contributed by atoms with Gasteiger partial charge in [0, 0.05) is 38.3 Å². The monoisotopic (exact) mass is 479 g/mol. The van der Waals surface area contributed by atoms with E-state index in [0.717, 1.165) is 44.6 Å². The fraction of sp³-hybridized carbons (Fsp3) is 0.950. The van der Waals surface area contributed by atoms with Gasteiger partial charge in [-0.3, -0.25) is 9.89 Å². The zero-order valence-corrected chi connectivity index (χ0v) is 20.0. The van der Waals surface area contributed by atoms with E-state index < -0.39 is 0 Å². The van der Waals surface area contributed by atoms with Gasteiger partial charge < -0.3 is 15.5 Å². The van der Waals surface area contributed by atoms with Gasteiger partial charge >= 0.3 is 0 Å². The Morgan fingerprint density at radius 2 is 1.81 bits per heavy atom. The summed E-state index contributed by atoms with van der Waals surface area (Å²) in [6.07, 6.45) is 7.06. The minimum absolute atomic E-state index is 0. The summed E-state index contributed by atoms with van der Waals surface area (Å²) in [5.74, 6) is 2.56. The highest BCUT2D eigenvalue weighted by Gasteiger charge is 2.25. The second-order valence-corrected chi connectivity index (χ2v) is 8.31. The summed E-state index contributed by atoms with van der Waals surface area (Å²) in [7, 11) is 4.43. The van der Waals surface area contributed by atoms with E-state index in [4.69, 9.17) is 4.99 Å². The van der Waals surface area contributed by atoms with Crippen molar-refractivity contribution in [1.82, 2.24) is 20.4 Å². The first kappa shape index (κ1) is 24.0. The number of hydrogen-bond donors (Lipinski definition) is 2. The molecule has 1 aliphatic heterocycles. The molecule has 0 aromatic heterocycles. The Morgan fingerprint density at radius 3 is 2.46 bits per heavy atom. The minimum Gasteiger partial charge on any atom is -0.357 e. The SMILES string of the molecule is CCNC(=NCC1CN(C)CCN1C)NC(C)C(C)C1CCCCC1.I. The van der Waals surface area contributed by atoms with Gasteiger partial charge in [-0.25, -0.2) is 0 Å². The second kappa shape index (κ2) is 12.4. The first-order chi connectivity index (χ1) is 12.0. The number of likely N-dealkylation sites (N-methyl/N-ethyl adjacent to an activating group) is 2.